The van der Waals surface area contributed by atoms with E-state index in [4.69, 9.17) is 27.7 Å². The number of benzene rings is 10. The van der Waals surface area contributed by atoms with Gasteiger partial charge in [-0.1, -0.05) is 96.7 Å². The Morgan fingerprint density at radius 1 is 0.333 bits per heavy atom. The minimum absolute atomic E-state index is 0.141. The molecule has 0 fully saturated rings. The lowest BCUT2D eigenvalue weighted by atomic mass is 9.90. The summed E-state index contributed by atoms with van der Waals surface area (Å²) in [5, 5.41) is -4.05. The van der Waals surface area contributed by atoms with Gasteiger partial charge in [-0.2, -0.15) is 0 Å². The van der Waals surface area contributed by atoms with Crippen LogP contribution >= 0.6 is 0 Å². The van der Waals surface area contributed by atoms with E-state index in [0.717, 1.165) is 6.07 Å². The second-order valence-electron chi connectivity index (χ2n) is 10.6. The second kappa shape index (κ2) is 8.37. The first-order chi connectivity index (χ1) is 31.9. The van der Waals surface area contributed by atoms with Crippen molar-refractivity contribution in [2.24, 2.45) is 0 Å². The third kappa shape index (κ3) is 3.22. The van der Waals surface area contributed by atoms with Gasteiger partial charge in [0.1, 0.15) is 11.2 Å². The minimum atomic E-state index is -0.785. The zero-order valence-corrected chi connectivity index (χ0v) is 22.5. The largest absolute Gasteiger partial charge is 0.456 e. The Morgan fingerprint density at radius 3 is 1.22 bits per heavy atom. The van der Waals surface area contributed by atoms with Crippen molar-refractivity contribution in [3.05, 3.63) is 145 Å². The summed E-state index contributed by atoms with van der Waals surface area (Å²) in [5.41, 5.74) is -2.92. The predicted octanol–water partition coefficient (Wildman–Crippen LogP) is 12.7. The summed E-state index contributed by atoms with van der Waals surface area (Å²) in [7, 11) is 0. The summed E-state index contributed by atoms with van der Waals surface area (Å²) in [5.74, 6) is 0. The van der Waals surface area contributed by atoms with Crippen molar-refractivity contribution in [1.82, 2.24) is 0 Å². The fraction of sp³-hybridized carbons (Fsp3) is 0. The van der Waals surface area contributed by atoms with Crippen LogP contribution in [0, 0.1) is 0 Å². The molecule has 10 aromatic carbocycles. The first kappa shape index (κ1) is 10.9. The van der Waals surface area contributed by atoms with E-state index in [2.05, 4.69) is 0 Å². The zero-order chi connectivity index (χ0) is 49.2. The van der Waals surface area contributed by atoms with Gasteiger partial charge in [0.05, 0.1) is 31.5 Å². The maximum absolute atomic E-state index is 9.64. The minimum Gasteiger partial charge on any atom is -0.456 e. The molecule has 0 saturated heterocycles. The van der Waals surface area contributed by atoms with E-state index in [1.807, 2.05) is 0 Å². The van der Waals surface area contributed by atoms with E-state index in [0.29, 0.717) is 0 Å². The molecule has 0 bridgehead atoms. The van der Waals surface area contributed by atoms with Crippen molar-refractivity contribution in [3.8, 4) is 22.3 Å². The molecule has 0 spiro atoms. The van der Waals surface area contributed by atoms with Gasteiger partial charge < -0.3 is 4.42 Å². The first-order valence-corrected chi connectivity index (χ1v) is 13.7. The first-order valence-electron chi connectivity index (χ1n) is 25.2. The van der Waals surface area contributed by atoms with E-state index in [-0.39, 0.29) is 70.2 Å². The lowest BCUT2D eigenvalue weighted by Crippen LogP contribution is -1.86. The monoisotopic (exact) mass is 591 g/mol. The van der Waals surface area contributed by atoms with Crippen LogP contribution in [-0.2, 0) is 0 Å². The van der Waals surface area contributed by atoms with Crippen molar-refractivity contribution in [2.75, 3.05) is 0 Å². The van der Waals surface area contributed by atoms with Gasteiger partial charge in [-0.05, 0) is 135 Å². The Hall–Kier alpha value is -5.92. The molecule has 0 amide bonds. The van der Waals surface area contributed by atoms with Gasteiger partial charge in [0.25, 0.3) is 0 Å². The van der Waals surface area contributed by atoms with E-state index >= 15 is 0 Å². The summed E-state index contributed by atoms with van der Waals surface area (Å²) < 4.78 is 213. The quantitative estimate of drug-likeness (QED) is 0.182. The molecule has 11 rings (SSSR count). The number of rotatable bonds is 2. The van der Waals surface area contributed by atoms with Crippen LogP contribution in [0.5, 0.6) is 0 Å². The molecule has 206 valence electrons. The van der Waals surface area contributed by atoms with Crippen LogP contribution in [-0.4, -0.2) is 0 Å². The van der Waals surface area contributed by atoms with E-state index < -0.39 is 178 Å². The van der Waals surface area contributed by atoms with Crippen molar-refractivity contribution >= 4 is 86.6 Å². The molecule has 0 aliphatic heterocycles. The molecule has 0 aliphatic rings. The molecule has 1 aromatic heterocycles. The van der Waals surface area contributed by atoms with Crippen molar-refractivity contribution in [2.45, 2.75) is 0 Å². The van der Waals surface area contributed by atoms with Crippen molar-refractivity contribution < 1.29 is 35.9 Å². The highest BCUT2D eigenvalue weighted by Crippen LogP contribution is 2.41. The normalized spacial score (nSPS) is 19.6. The number of fused-ring (bicyclic) bond motifs is 3. The summed E-state index contributed by atoms with van der Waals surface area (Å²) in [4.78, 5) is 0. The van der Waals surface area contributed by atoms with E-state index in [9.17, 15) is 8.22 Å². The summed E-state index contributed by atoms with van der Waals surface area (Å²) in [6.07, 6.45) is 0. The lowest BCUT2D eigenvalue weighted by molar-refractivity contribution is 0.669. The van der Waals surface area contributed by atoms with Crippen LogP contribution in [0.25, 0.3) is 109 Å². The Morgan fingerprint density at radius 2 is 0.733 bits per heavy atom. The maximum atomic E-state index is 9.64. The van der Waals surface area contributed by atoms with Gasteiger partial charge in [0, 0.05) is 10.8 Å². The van der Waals surface area contributed by atoms with Crippen molar-refractivity contribution in [1.29, 1.82) is 0 Å². The lowest BCUT2D eigenvalue weighted by Gasteiger charge is -2.13. The Labute approximate surface area is 290 Å². The standard InChI is InChI=1S/C44H24O/c1-3-25-7-11-31-19-35(20-32-12-8-26(4-1)41(25)43(31)32)29-15-17-39-37(23-29)38-24-30(16-18-40(38)45-39)36-21-33-13-9-27-5-2-6-28-10-14-34(22-36)44(33)42(27)28/h1-24H/i1D,2D,3D,4D,5D,6D,7D,8D,9D,10D,11D,12D,13D,14D,15D,16D,17D,19D,20D,21D,22D,23D,24D. The van der Waals surface area contributed by atoms with Crippen LogP contribution in [0.2, 0.25) is 0 Å². The fourth-order valence-electron chi connectivity index (χ4n) is 6.09. The molecule has 1 nitrogen and oxygen atoms in total. The van der Waals surface area contributed by atoms with Gasteiger partial charge in [-0.15, -0.1) is 0 Å². The Balaban J connectivity index is 1.28. The highest BCUT2D eigenvalue weighted by Gasteiger charge is 2.15. The molecule has 0 atom stereocenters. The maximum Gasteiger partial charge on any atom is 0.135 e. The van der Waals surface area contributed by atoms with Gasteiger partial charge in [-0.25, -0.2) is 0 Å². The van der Waals surface area contributed by atoms with Crippen LogP contribution < -0.4 is 0 Å². The van der Waals surface area contributed by atoms with E-state index in [1.165, 1.54) is 0 Å². The molecule has 11 aromatic rings. The molecule has 0 saturated carbocycles. The summed E-state index contributed by atoms with van der Waals surface area (Å²) in [6.45, 7) is 0. The molecule has 45 heavy (non-hydrogen) atoms. The molecule has 0 radical (unpaired) electrons. The fourth-order valence-corrected chi connectivity index (χ4v) is 6.09. The summed E-state index contributed by atoms with van der Waals surface area (Å²) >= 11 is 0. The van der Waals surface area contributed by atoms with Crippen LogP contribution in [0.3, 0.4) is 0 Å². The Bertz CT molecular complexity index is 4110. The van der Waals surface area contributed by atoms with Gasteiger partial charge in [-0.3, -0.25) is 0 Å². The smallest absolute Gasteiger partial charge is 0.135 e. The highest BCUT2D eigenvalue weighted by atomic mass is 16.3. The second-order valence-corrected chi connectivity index (χ2v) is 10.6. The molecular formula is C44H24O. The average molecular weight is 592 g/mol. The summed E-state index contributed by atoms with van der Waals surface area (Å²) in [6, 6.07) is -14.3. The number of hydrogen-bond acceptors (Lipinski definition) is 1. The van der Waals surface area contributed by atoms with Gasteiger partial charge >= 0.3 is 0 Å². The zero-order valence-electron chi connectivity index (χ0n) is 45.5. The number of hydrogen-bond donors (Lipinski definition) is 0. The molecule has 0 N–H and O–H groups in total. The van der Waals surface area contributed by atoms with Gasteiger partial charge in [0.2, 0.25) is 0 Å². The topological polar surface area (TPSA) is 13.1 Å². The third-order valence-corrected chi connectivity index (χ3v) is 8.08. The molecule has 1 heterocycles. The molecule has 0 aliphatic carbocycles. The number of furan rings is 1. The average Bonchev–Trinajstić information content (AvgIpc) is 3.67. The molecule has 0 unspecified atom stereocenters. The van der Waals surface area contributed by atoms with Crippen LogP contribution in [0.15, 0.2) is 149 Å². The molecule has 1 heteroatoms. The van der Waals surface area contributed by atoms with Crippen LogP contribution in [0.4, 0.5) is 0 Å². The van der Waals surface area contributed by atoms with Gasteiger partial charge in [0.15, 0.2) is 0 Å². The Kier molecular flexibility index (Phi) is 2.03. The van der Waals surface area contributed by atoms with E-state index in [1.54, 1.807) is 0 Å². The van der Waals surface area contributed by atoms with Crippen LogP contribution in [0.1, 0.15) is 31.5 Å². The molecular weight excluding hydrogens is 544 g/mol. The SMILES string of the molecule is [2H]c1cc2oc3c([2H])c([2H])c(-c4c([2H])c5c([2H])c([2H])c6c([2H])c([2H])c([2H])c7c([2H])c([2H])c(c4[2H])c5c67)c([2H])c3c2c([2H])c1-c1c([2H])c2c([2H])c([2H])c3c([2H])c([2H])c([2H])c4c([2H])c([2H])c(c1[2H])c2c34. The third-order valence-electron chi connectivity index (χ3n) is 8.08. The highest BCUT2D eigenvalue weighted by molar-refractivity contribution is 6.25. The predicted molar refractivity (Wildman–Crippen MR) is 192 cm³/mol. The van der Waals surface area contributed by atoms with Crippen molar-refractivity contribution in [3.63, 3.8) is 0 Å².